The van der Waals surface area contributed by atoms with Crippen molar-refractivity contribution in [3.05, 3.63) is 63.0 Å². The van der Waals surface area contributed by atoms with Crippen LogP contribution in [0.15, 0.2) is 44.9 Å². The molecule has 0 fully saturated rings. The number of ether oxygens (including phenoxy) is 3. The third-order valence-electron chi connectivity index (χ3n) is 4.11. The predicted octanol–water partition coefficient (Wildman–Crippen LogP) is 1.76. The molecular weight excluding hydrogens is 352 g/mol. The van der Waals surface area contributed by atoms with Gasteiger partial charge in [-0.15, -0.1) is 0 Å². The lowest BCUT2D eigenvalue weighted by Crippen LogP contribution is -2.25. The Kier molecular flexibility index (Phi) is 5.05. The molecule has 0 spiro atoms. The highest BCUT2D eigenvalue weighted by molar-refractivity contribution is 5.55. The number of rotatable bonds is 5. The third kappa shape index (κ3) is 3.20. The normalized spacial score (nSPS) is 15.6. The second-order valence-electron chi connectivity index (χ2n) is 5.70. The van der Waals surface area contributed by atoms with Crippen LogP contribution in [-0.2, 0) is 6.61 Å². The topological polar surface area (TPSA) is 128 Å². The lowest BCUT2D eigenvalue weighted by Gasteiger charge is -2.25. The van der Waals surface area contributed by atoms with Gasteiger partial charge < -0.3 is 29.5 Å². The molecule has 8 heteroatoms. The molecule has 1 aromatic carbocycles. The lowest BCUT2D eigenvalue weighted by atomic mass is 9.87. The summed E-state index contributed by atoms with van der Waals surface area (Å²) >= 11 is 0. The molecule has 1 aliphatic rings. The van der Waals surface area contributed by atoms with Gasteiger partial charge in [0.1, 0.15) is 24.0 Å². The minimum Gasteiger partial charge on any atom is -0.493 e. The molecule has 2 aromatic rings. The molecule has 0 unspecified atom stereocenters. The Hall–Kier alpha value is -3.44. The first kappa shape index (κ1) is 18.4. The Balaban J connectivity index is 2.24. The molecule has 0 aliphatic carbocycles. The average molecular weight is 370 g/mol. The van der Waals surface area contributed by atoms with Crippen LogP contribution >= 0.6 is 0 Å². The number of nitriles is 1. The van der Waals surface area contributed by atoms with E-state index >= 15 is 0 Å². The minimum absolute atomic E-state index is 0.0583. The maximum atomic E-state index is 12.3. The van der Waals surface area contributed by atoms with Crippen LogP contribution in [0.5, 0.6) is 17.2 Å². The van der Waals surface area contributed by atoms with E-state index in [9.17, 15) is 15.2 Å². The molecule has 27 heavy (non-hydrogen) atoms. The van der Waals surface area contributed by atoms with Crippen LogP contribution in [0.25, 0.3) is 0 Å². The van der Waals surface area contributed by atoms with Crippen LogP contribution in [0.2, 0.25) is 0 Å². The van der Waals surface area contributed by atoms with Crippen molar-refractivity contribution in [2.75, 3.05) is 13.7 Å². The molecule has 1 aromatic heterocycles. The molecule has 1 atom stereocenters. The van der Waals surface area contributed by atoms with Crippen LogP contribution < -0.4 is 25.4 Å². The molecule has 8 nitrogen and oxygen atoms in total. The van der Waals surface area contributed by atoms with E-state index in [1.54, 1.807) is 18.2 Å². The van der Waals surface area contributed by atoms with Crippen LogP contribution in [0.4, 0.5) is 0 Å². The molecule has 0 amide bonds. The van der Waals surface area contributed by atoms with Crippen molar-refractivity contribution >= 4 is 0 Å². The van der Waals surface area contributed by atoms with E-state index in [-0.39, 0.29) is 28.7 Å². The first-order valence-electron chi connectivity index (χ1n) is 8.20. The van der Waals surface area contributed by atoms with Gasteiger partial charge >= 0.3 is 0 Å². The molecule has 0 radical (unpaired) electrons. The maximum absolute atomic E-state index is 12.3. The molecular formula is C19H18N2O6. The summed E-state index contributed by atoms with van der Waals surface area (Å²) in [6.07, 6.45) is 0. The predicted molar refractivity (Wildman–Crippen MR) is 94.4 cm³/mol. The second kappa shape index (κ2) is 7.43. The van der Waals surface area contributed by atoms with Crippen LogP contribution in [0, 0.1) is 11.3 Å². The van der Waals surface area contributed by atoms with E-state index in [1.807, 2.05) is 13.0 Å². The lowest BCUT2D eigenvalue weighted by molar-refractivity contribution is 0.231. The monoisotopic (exact) mass is 370 g/mol. The number of nitrogens with two attached hydrogens (primary N) is 1. The van der Waals surface area contributed by atoms with Gasteiger partial charge in [0.25, 0.3) is 0 Å². The van der Waals surface area contributed by atoms with Gasteiger partial charge in [-0.25, -0.2) is 0 Å². The van der Waals surface area contributed by atoms with Gasteiger partial charge in [-0.2, -0.15) is 5.26 Å². The fourth-order valence-electron chi connectivity index (χ4n) is 2.93. The SMILES string of the molecule is CCOc1ccc([C@H]2C(C#N)=C(N)Oc3c2oc(CO)cc3=O)cc1OC. The number of nitrogens with zero attached hydrogens (tertiary/aromatic N) is 1. The number of allylic oxidation sites excluding steroid dienone is 1. The van der Waals surface area contributed by atoms with Gasteiger partial charge in [-0.3, -0.25) is 4.79 Å². The maximum Gasteiger partial charge on any atom is 0.228 e. The molecule has 140 valence electrons. The van der Waals surface area contributed by atoms with E-state index < -0.39 is 18.0 Å². The summed E-state index contributed by atoms with van der Waals surface area (Å²) in [7, 11) is 1.50. The Bertz CT molecular complexity index is 1000. The van der Waals surface area contributed by atoms with Crippen molar-refractivity contribution in [1.82, 2.24) is 0 Å². The van der Waals surface area contributed by atoms with Crippen molar-refractivity contribution in [1.29, 1.82) is 5.26 Å². The summed E-state index contributed by atoms with van der Waals surface area (Å²) in [5.41, 5.74) is 6.06. The standard InChI is InChI=1S/C19H18N2O6/c1-3-25-14-5-4-10(6-15(14)24-2)16-12(8-20)19(21)27-17-13(23)7-11(9-22)26-18(16)17/h4-7,16,22H,3,9,21H2,1-2H3/t16-/m0/s1. The van der Waals surface area contributed by atoms with E-state index in [1.165, 1.54) is 7.11 Å². The van der Waals surface area contributed by atoms with Crippen molar-refractivity contribution in [2.24, 2.45) is 5.73 Å². The Morgan fingerprint density at radius 3 is 2.74 bits per heavy atom. The quantitative estimate of drug-likeness (QED) is 0.815. The average Bonchev–Trinajstić information content (AvgIpc) is 2.68. The smallest absolute Gasteiger partial charge is 0.228 e. The zero-order chi connectivity index (χ0) is 19.6. The van der Waals surface area contributed by atoms with Crippen LogP contribution in [0.3, 0.4) is 0 Å². The number of hydrogen-bond donors (Lipinski definition) is 2. The highest BCUT2D eigenvalue weighted by atomic mass is 16.5. The van der Waals surface area contributed by atoms with Crippen molar-refractivity contribution in [3.8, 4) is 23.3 Å². The van der Waals surface area contributed by atoms with Crippen LogP contribution in [-0.4, -0.2) is 18.8 Å². The number of aliphatic hydroxyl groups excluding tert-OH is 1. The van der Waals surface area contributed by atoms with Gasteiger partial charge in [0.2, 0.25) is 17.1 Å². The molecule has 0 bridgehead atoms. The molecule has 3 N–H and O–H groups in total. The van der Waals surface area contributed by atoms with E-state index in [0.717, 1.165) is 6.07 Å². The van der Waals surface area contributed by atoms with Gasteiger partial charge in [0.15, 0.2) is 17.3 Å². The van der Waals surface area contributed by atoms with Crippen LogP contribution in [0.1, 0.15) is 29.9 Å². The zero-order valence-electron chi connectivity index (χ0n) is 14.8. The molecule has 0 saturated carbocycles. The summed E-state index contributed by atoms with van der Waals surface area (Å²) < 4.78 is 21.8. The van der Waals surface area contributed by atoms with Gasteiger partial charge in [-0.1, -0.05) is 6.07 Å². The van der Waals surface area contributed by atoms with Gasteiger partial charge in [0.05, 0.1) is 19.6 Å². The number of methoxy groups -OCH3 is 1. The Morgan fingerprint density at radius 2 is 2.11 bits per heavy atom. The highest BCUT2D eigenvalue weighted by Gasteiger charge is 2.35. The van der Waals surface area contributed by atoms with Gasteiger partial charge in [0, 0.05) is 6.07 Å². The fourth-order valence-corrected chi connectivity index (χ4v) is 2.93. The zero-order valence-corrected chi connectivity index (χ0v) is 14.8. The summed E-state index contributed by atoms with van der Waals surface area (Å²) in [6, 6.07) is 8.24. The number of fused-ring (bicyclic) bond motifs is 1. The highest BCUT2D eigenvalue weighted by Crippen LogP contribution is 2.43. The molecule has 1 aliphatic heterocycles. The van der Waals surface area contributed by atoms with Crippen molar-refractivity contribution < 1.29 is 23.7 Å². The van der Waals surface area contributed by atoms with Crippen molar-refractivity contribution in [2.45, 2.75) is 19.4 Å². The third-order valence-corrected chi connectivity index (χ3v) is 4.11. The number of hydrogen-bond acceptors (Lipinski definition) is 8. The first-order valence-corrected chi connectivity index (χ1v) is 8.20. The Labute approximate surface area is 155 Å². The molecule has 2 heterocycles. The summed E-state index contributed by atoms with van der Waals surface area (Å²) in [5, 5.41) is 18.9. The number of benzene rings is 1. The van der Waals surface area contributed by atoms with E-state index in [4.69, 9.17) is 24.4 Å². The largest absolute Gasteiger partial charge is 0.493 e. The van der Waals surface area contributed by atoms with E-state index in [0.29, 0.717) is 23.7 Å². The summed E-state index contributed by atoms with van der Waals surface area (Å²) in [5.74, 6) is 0.0819. The first-order chi connectivity index (χ1) is 13.0. The van der Waals surface area contributed by atoms with E-state index in [2.05, 4.69) is 0 Å². The summed E-state index contributed by atoms with van der Waals surface area (Å²) in [6.45, 7) is 1.84. The van der Waals surface area contributed by atoms with Crippen molar-refractivity contribution in [3.63, 3.8) is 0 Å². The molecule has 3 rings (SSSR count). The minimum atomic E-state index is -0.789. The Morgan fingerprint density at radius 1 is 1.33 bits per heavy atom. The molecule has 0 saturated heterocycles. The summed E-state index contributed by atoms with van der Waals surface area (Å²) in [4.78, 5) is 12.3. The van der Waals surface area contributed by atoms with Gasteiger partial charge in [-0.05, 0) is 24.6 Å². The fraction of sp³-hybridized carbons (Fsp3) is 0.263. The second-order valence-corrected chi connectivity index (χ2v) is 5.70. The number of aliphatic hydroxyl groups is 1.